The third-order valence-corrected chi connectivity index (χ3v) is 9.96. The van der Waals surface area contributed by atoms with Gasteiger partial charge in [-0.2, -0.15) is 0 Å². The summed E-state index contributed by atoms with van der Waals surface area (Å²) in [5, 5.41) is 1.24. The van der Waals surface area contributed by atoms with E-state index in [1.807, 2.05) is 12.1 Å². The molecule has 0 aliphatic heterocycles. The maximum Gasteiger partial charge on any atom is 0.165 e. The van der Waals surface area contributed by atoms with Gasteiger partial charge in [-0.15, -0.1) is 16.4 Å². The average Bonchev–Trinajstić information content (AvgIpc) is 3.38. The molecular formula is C36H28B5N3. The van der Waals surface area contributed by atoms with Crippen molar-refractivity contribution in [2.75, 3.05) is 0 Å². The molecule has 1 unspecified atom stereocenters. The smallest absolute Gasteiger partial charge is 0.165 e. The lowest BCUT2D eigenvalue weighted by molar-refractivity contribution is 0.723. The van der Waals surface area contributed by atoms with Crippen molar-refractivity contribution in [3.63, 3.8) is 0 Å². The van der Waals surface area contributed by atoms with Crippen molar-refractivity contribution in [2.24, 2.45) is 5.92 Å². The van der Waals surface area contributed by atoms with Gasteiger partial charge in [0.05, 0.1) is 22.1 Å². The summed E-state index contributed by atoms with van der Waals surface area (Å²) < 4.78 is 2.35. The average molecular weight is 557 g/mol. The number of para-hydroxylation sites is 1. The number of allylic oxidation sites excluding steroid dienone is 5. The molecular weight excluding hydrogens is 528 g/mol. The number of aromatic nitrogens is 3. The second-order valence-electron chi connectivity index (χ2n) is 12.2. The van der Waals surface area contributed by atoms with E-state index >= 15 is 0 Å². The quantitative estimate of drug-likeness (QED) is 0.275. The molecule has 1 atom stereocenters. The van der Waals surface area contributed by atoms with E-state index in [4.69, 9.17) is 9.97 Å². The SMILES string of the molecule is Bc1c(B)c(B)c(-c2ccc3nc(-n4c5c(c6ccccc64)C=C4C=CC=CC4C5)c(-c4c#cccc4)nc3c2)c(B)c1B. The zero-order valence-electron chi connectivity index (χ0n) is 25.8. The Morgan fingerprint density at radius 3 is 2.39 bits per heavy atom. The number of rotatable bonds is 3. The third kappa shape index (κ3) is 3.99. The van der Waals surface area contributed by atoms with E-state index in [0.717, 1.165) is 40.0 Å². The van der Waals surface area contributed by atoms with Crippen molar-refractivity contribution in [1.29, 1.82) is 0 Å². The topological polar surface area (TPSA) is 30.7 Å². The van der Waals surface area contributed by atoms with E-state index in [1.54, 1.807) is 0 Å². The lowest BCUT2D eigenvalue weighted by Crippen LogP contribution is -2.55. The number of hydrogen-bond donors (Lipinski definition) is 0. The van der Waals surface area contributed by atoms with Crippen LogP contribution in [0, 0.1) is 18.1 Å². The highest BCUT2D eigenvalue weighted by Crippen LogP contribution is 2.41. The maximum absolute atomic E-state index is 5.40. The molecule has 0 saturated heterocycles. The number of fused-ring (bicyclic) bond motifs is 5. The van der Waals surface area contributed by atoms with Gasteiger partial charge in [0, 0.05) is 22.6 Å². The molecule has 0 radical (unpaired) electrons. The molecule has 3 nitrogen and oxygen atoms in total. The summed E-state index contributed by atoms with van der Waals surface area (Å²) in [7, 11) is 11.2. The molecule has 8 heteroatoms. The molecule has 6 aromatic rings. The van der Waals surface area contributed by atoms with Gasteiger partial charge in [-0.05, 0) is 59.5 Å². The first-order valence-corrected chi connectivity index (χ1v) is 15.4. The molecule has 0 amide bonds. The van der Waals surface area contributed by atoms with Crippen LogP contribution in [-0.4, -0.2) is 53.8 Å². The molecule has 2 aromatic heterocycles. The fraction of sp³-hybridized carbons (Fsp3) is 0.0556. The predicted octanol–water partition coefficient (Wildman–Crippen LogP) is -0.518. The zero-order valence-corrected chi connectivity index (χ0v) is 25.8. The van der Waals surface area contributed by atoms with Crippen LogP contribution in [0.1, 0.15) is 11.3 Å². The Bertz CT molecular complexity index is 2240. The molecule has 8 rings (SSSR count). The van der Waals surface area contributed by atoms with Gasteiger partial charge in [-0.3, -0.25) is 4.57 Å². The van der Waals surface area contributed by atoms with Crippen molar-refractivity contribution in [3.8, 4) is 28.2 Å². The minimum Gasteiger partial charge on any atom is -0.296 e. The minimum absolute atomic E-state index is 0.347. The Balaban J connectivity index is 1.41. The standard InChI is InChI=1S/C36H28B5N3/c37-30-29(31(38)33(40)34(41)32(30)39)22-14-15-25-26(17-22)42-35(19-8-2-1-3-9-19)36(43-25)44-27-13-7-6-12-23(27)24-16-20-10-4-5-11-21(20)18-28(24)44/h1-2,4-8,10-17,21H,18,37-41H2. The van der Waals surface area contributed by atoms with Crippen molar-refractivity contribution in [2.45, 2.75) is 6.42 Å². The molecule has 2 heterocycles. The van der Waals surface area contributed by atoms with Gasteiger partial charge in [0.1, 0.15) is 44.9 Å². The fourth-order valence-corrected chi connectivity index (χ4v) is 7.20. The number of benzene rings is 3. The van der Waals surface area contributed by atoms with Crippen LogP contribution in [-0.2, 0) is 6.42 Å². The Labute approximate surface area is 262 Å². The summed E-state index contributed by atoms with van der Waals surface area (Å²) in [6.07, 6.45) is 12.1. The van der Waals surface area contributed by atoms with Crippen molar-refractivity contribution in [1.82, 2.24) is 14.5 Å². The van der Waals surface area contributed by atoms with Gasteiger partial charge in [0.2, 0.25) is 0 Å². The Hall–Kier alpha value is -4.88. The van der Waals surface area contributed by atoms with E-state index in [-0.39, 0.29) is 0 Å². The Morgan fingerprint density at radius 1 is 0.795 bits per heavy atom. The summed E-state index contributed by atoms with van der Waals surface area (Å²) in [5.74, 6) is 1.18. The van der Waals surface area contributed by atoms with Gasteiger partial charge in [0.25, 0.3) is 0 Å². The molecule has 4 aromatic carbocycles. The van der Waals surface area contributed by atoms with Crippen molar-refractivity contribution >= 4 is 94.6 Å². The summed E-state index contributed by atoms with van der Waals surface area (Å²) in [6.45, 7) is 0. The van der Waals surface area contributed by atoms with Crippen molar-refractivity contribution in [3.05, 3.63) is 114 Å². The van der Waals surface area contributed by atoms with Gasteiger partial charge < -0.3 is 0 Å². The van der Waals surface area contributed by atoms with Crippen LogP contribution in [0.2, 0.25) is 0 Å². The molecule has 0 saturated carbocycles. The van der Waals surface area contributed by atoms with E-state index in [0.29, 0.717) is 5.92 Å². The lowest BCUT2D eigenvalue weighted by atomic mass is 9.59. The molecule has 0 spiro atoms. The van der Waals surface area contributed by atoms with Crippen LogP contribution in [0.4, 0.5) is 0 Å². The highest BCUT2D eigenvalue weighted by atomic mass is 15.1. The monoisotopic (exact) mass is 557 g/mol. The highest BCUT2D eigenvalue weighted by molar-refractivity contribution is 6.68. The van der Waals surface area contributed by atoms with Gasteiger partial charge >= 0.3 is 0 Å². The zero-order chi connectivity index (χ0) is 30.1. The Kier molecular flexibility index (Phi) is 6.14. The molecule has 2 aliphatic rings. The number of nitrogens with zero attached hydrogens (tertiary/aromatic N) is 3. The third-order valence-electron chi connectivity index (χ3n) is 9.96. The predicted molar refractivity (Wildman–Crippen MR) is 199 cm³/mol. The fourth-order valence-electron chi connectivity index (χ4n) is 7.20. The van der Waals surface area contributed by atoms with Crippen LogP contribution >= 0.6 is 0 Å². The molecule has 2 aliphatic carbocycles. The van der Waals surface area contributed by atoms with E-state index < -0.39 is 0 Å². The molecule has 202 valence electrons. The highest BCUT2D eigenvalue weighted by Gasteiger charge is 2.28. The van der Waals surface area contributed by atoms with E-state index in [2.05, 4.69) is 135 Å². The molecule has 44 heavy (non-hydrogen) atoms. The normalized spacial score (nSPS) is 15.2. The second kappa shape index (κ2) is 10.1. The van der Waals surface area contributed by atoms with E-state index in [9.17, 15) is 0 Å². The van der Waals surface area contributed by atoms with Crippen LogP contribution in [0.25, 0.3) is 56.2 Å². The summed E-state index contributed by atoms with van der Waals surface area (Å²) >= 11 is 0. The van der Waals surface area contributed by atoms with Crippen LogP contribution in [0.3, 0.4) is 0 Å². The van der Waals surface area contributed by atoms with Gasteiger partial charge in [-0.25, -0.2) is 9.97 Å². The molecule has 0 fully saturated rings. The molecule has 0 N–H and O–H groups in total. The van der Waals surface area contributed by atoms with Gasteiger partial charge in [-0.1, -0.05) is 77.7 Å². The summed E-state index contributed by atoms with van der Waals surface area (Å²) in [4.78, 5) is 10.8. The second-order valence-corrected chi connectivity index (χ2v) is 12.2. The maximum atomic E-state index is 5.40. The first-order valence-electron chi connectivity index (χ1n) is 15.4. The lowest BCUT2D eigenvalue weighted by Gasteiger charge is -2.24. The van der Waals surface area contributed by atoms with Gasteiger partial charge in [0.15, 0.2) is 5.82 Å². The van der Waals surface area contributed by atoms with Crippen molar-refractivity contribution < 1.29 is 0 Å². The minimum atomic E-state index is 0.347. The van der Waals surface area contributed by atoms with E-state index in [1.165, 1.54) is 60.7 Å². The first-order chi connectivity index (χ1) is 21.4. The Morgan fingerprint density at radius 2 is 1.59 bits per heavy atom. The molecule has 0 bridgehead atoms. The van der Waals surface area contributed by atoms with Crippen LogP contribution in [0.5, 0.6) is 0 Å². The largest absolute Gasteiger partial charge is 0.296 e. The number of hydrogen-bond acceptors (Lipinski definition) is 2. The summed E-state index contributed by atoms with van der Waals surface area (Å²) in [6, 6.07) is 27.7. The van der Waals surface area contributed by atoms with Crippen LogP contribution in [0.15, 0.2) is 90.5 Å². The van der Waals surface area contributed by atoms with Crippen LogP contribution < -0.4 is 27.3 Å². The summed E-state index contributed by atoms with van der Waals surface area (Å²) in [5.41, 5.74) is 17.7. The first kappa shape index (κ1) is 26.7.